The number of likely N-dealkylation sites (N-methyl/N-ethyl adjacent to an activating group) is 1. The molecule has 8 nitrogen and oxygen atoms in total. The molecule has 0 aromatic rings. The van der Waals surface area contributed by atoms with Crippen LogP contribution in [0.1, 0.15) is 149 Å². The van der Waals surface area contributed by atoms with Crippen LogP contribution in [0, 0.1) is 0 Å². The summed E-state index contributed by atoms with van der Waals surface area (Å²) in [6.45, 7) is 4.54. The van der Waals surface area contributed by atoms with Crippen molar-refractivity contribution < 1.29 is 38.2 Å². The number of allylic oxidation sites excluding steroid dienone is 10. The fourth-order valence-corrected chi connectivity index (χ4v) is 5.53. The first-order valence-electron chi connectivity index (χ1n) is 20.3. The molecule has 0 heterocycles. The fraction of sp³-hybridized carbons (Fsp3) is 0.705. The molecule has 298 valence electrons. The molecule has 0 aliphatic heterocycles. The Bertz CT molecular complexity index is 1040. The van der Waals surface area contributed by atoms with E-state index in [0.29, 0.717) is 19.3 Å². The van der Waals surface area contributed by atoms with Gasteiger partial charge in [-0.3, -0.25) is 9.59 Å². The molecule has 2 atom stereocenters. The zero-order valence-electron chi connectivity index (χ0n) is 33.7. The third-order valence-electron chi connectivity index (χ3n) is 8.68. The summed E-state index contributed by atoms with van der Waals surface area (Å²) in [4.78, 5) is 36.7. The number of esters is 2. The number of carbonyl (C=O) groups is 3. The predicted octanol–water partition coefficient (Wildman–Crippen LogP) is 10.6. The highest BCUT2D eigenvalue weighted by atomic mass is 16.6. The van der Waals surface area contributed by atoms with E-state index in [0.717, 1.165) is 83.5 Å². The highest BCUT2D eigenvalue weighted by molar-refractivity contribution is 5.72. The lowest BCUT2D eigenvalue weighted by Crippen LogP contribution is -2.50. The third-order valence-corrected chi connectivity index (χ3v) is 8.68. The summed E-state index contributed by atoms with van der Waals surface area (Å²) in [5, 5.41) is 9.58. The lowest BCUT2D eigenvalue weighted by molar-refractivity contribution is -0.887. The van der Waals surface area contributed by atoms with Crippen LogP contribution in [0.5, 0.6) is 0 Å². The van der Waals surface area contributed by atoms with Crippen LogP contribution in [-0.4, -0.2) is 80.6 Å². The van der Waals surface area contributed by atoms with Crippen molar-refractivity contribution >= 4 is 17.9 Å². The second kappa shape index (κ2) is 35.1. The van der Waals surface area contributed by atoms with E-state index in [9.17, 15) is 19.5 Å². The first-order chi connectivity index (χ1) is 25.1. The monoisotopic (exact) mass is 731 g/mol. The minimum Gasteiger partial charge on any atom is -0.477 e. The van der Waals surface area contributed by atoms with Crippen molar-refractivity contribution in [3.8, 4) is 0 Å². The van der Waals surface area contributed by atoms with E-state index in [2.05, 4.69) is 74.6 Å². The van der Waals surface area contributed by atoms with E-state index < -0.39 is 18.1 Å². The Morgan fingerprint density at radius 3 is 1.60 bits per heavy atom. The summed E-state index contributed by atoms with van der Waals surface area (Å²) < 4.78 is 17.2. The molecular weight excluding hydrogens is 654 g/mol. The number of carboxylic acids is 1. The SMILES string of the molecule is CC/C=C/C/C=C/C/C=C/C/C=C/C/C=C/CCCCCCC(=O)OC(COCCC(C(=O)O)[N+](C)(C)C)COC(=O)CCCCCCCCCC. The molecule has 0 aliphatic carbocycles. The Labute approximate surface area is 318 Å². The smallest absolute Gasteiger partial charge is 0.362 e. The molecule has 0 radical (unpaired) electrons. The van der Waals surface area contributed by atoms with E-state index >= 15 is 0 Å². The van der Waals surface area contributed by atoms with Crippen LogP contribution < -0.4 is 0 Å². The highest BCUT2D eigenvalue weighted by Gasteiger charge is 2.31. The summed E-state index contributed by atoms with van der Waals surface area (Å²) in [5.41, 5.74) is 0. The zero-order chi connectivity index (χ0) is 38.5. The topological polar surface area (TPSA) is 99.1 Å². The number of carbonyl (C=O) groups excluding carboxylic acids is 2. The number of hydrogen-bond donors (Lipinski definition) is 1. The van der Waals surface area contributed by atoms with Gasteiger partial charge in [0, 0.05) is 19.3 Å². The molecule has 0 aromatic carbocycles. The number of ether oxygens (including phenoxy) is 3. The van der Waals surface area contributed by atoms with Crippen LogP contribution in [0.2, 0.25) is 0 Å². The van der Waals surface area contributed by atoms with E-state index in [1.54, 1.807) is 0 Å². The van der Waals surface area contributed by atoms with Crippen molar-refractivity contribution in [1.29, 1.82) is 0 Å². The minimum absolute atomic E-state index is 0.0491. The van der Waals surface area contributed by atoms with Crippen molar-refractivity contribution in [2.45, 2.75) is 161 Å². The first kappa shape index (κ1) is 49.0. The Kier molecular flexibility index (Phi) is 33.1. The Hall–Kier alpha value is -2.97. The first-order valence-corrected chi connectivity index (χ1v) is 20.3. The summed E-state index contributed by atoms with van der Waals surface area (Å²) in [6.07, 6.45) is 41.3. The van der Waals surface area contributed by atoms with Gasteiger partial charge in [-0.05, 0) is 57.8 Å². The second-order valence-electron chi connectivity index (χ2n) is 14.5. The Morgan fingerprint density at radius 2 is 1.08 bits per heavy atom. The van der Waals surface area contributed by atoms with Crippen LogP contribution in [0.4, 0.5) is 0 Å². The van der Waals surface area contributed by atoms with Crippen molar-refractivity contribution in [1.82, 2.24) is 0 Å². The summed E-state index contributed by atoms with van der Waals surface area (Å²) in [5.74, 6) is -1.51. The Morgan fingerprint density at radius 1 is 0.596 bits per heavy atom. The minimum atomic E-state index is -0.883. The van der Waals surface area contributed by atoms with Gasteiger partial charge in [-0.15, -0.1) is 0 Å². The van der Waals surface area contributed by atoms with Gasteiger partial charge in [-0.25, -0.2) is 4.79 Å². The van der Waals surface area contributed by atoms with Crippen LogP contribution in [0.15, 0.2) is 60.8 Å². The van der Waals surface area contributed by atoms with Gasteiger partial charge in [0.1, 0.15) is 6.61 Å². The quantitative estimate of drug-likeness (QED) is 0.0300. The maximum atomic E-state index is 12.7. The number of quaternary nitrogens is 1. The number of carboxylic acid groups (broad SMARTS) is 1. The number of nitrogens with zero attached hydrogens (tertiary/aromatic N) is 1. The largest absolute Gasteiger partial charge is 0.477 e. The van der Waals surface area contributed by atoms with Gasteiger partial charge in [0.15, 0.2) is 12.1 Å². The van der Waals surface area contributed by atoms with Crippen molar-refractivity contribution in [2.75, 3.05) is 41.0 Å². The number of hydrogen-bond acceptors (Lipinski definition) is 6. The zero-order valence-corrected chi connectivity index (χ0v) is 33.7. The van der Waals surface area contributed by atoms with E-state index in [4.69, 9.17) is 14.2 Å². The Balaban J connectivity index is 4.39. The molecule has 0 saturated carbocycles. The number of rotatable bonds is 35. The average Bonchev–Trinajstić information content (AvgIpc) is 3.09. The normalized spacial score (nSPS) is 13.6. The molecule has 0 aliphatic rings. The van der Waals surface area contributed by atoms with Gasteiger partial charge < -0.3 is 23.8 Å². The summed E-state index contributed by atoms with van der Waals surface area (Å²) in [7, 11) is 5.50. The molecule has 2 unspecified atom stereocenters. The van der Waals surface area contributed by atoms with Crippen LogP contribution in [0.3, 0.4) is 0 Å². The van der Waals surface area contributed by atoms with Crippen LogP contribution in [0.25, 0.3) is 0 Å². The van der Waals surface area contributed by atoms with Gasteiger partial charge in [-0.1, -0.05) is 132 Å². The van der Waals surface area contributed by atoms with Gasteiger partial charge in [0.2, 0.25) is 0 Å². The average molecular weight is 731 g/mol. The van der Waals surface area contributed by atoms with E-state index in [1.165, 1.54) is 32.1 Å². The van der Waals surface area contributed by atoms with Gasteiger partial charge >= 0.3 is 17.9 Å². The maximum Gasteiger partial charge on any atom is 0.362 e. The molecule has 0 amide bonds. The third kappa shape index (κ3) is 32.9. The van der Waals surface area contributed by atoms with Crippen molar-refractivity contribution in [3.05, 3.63) is 60.8 Å². The molecule has 0 fully saturated rings. The van der Waals surface area contributed by atoms with Crippen LogP contribution >= 0.6 is 0 Å². The molecule has 0 saturated heterocycles. The number of aliphatic carboxylic acids is 1. The maximum absolute atomic E-state index is 12.7. The molecule has 0 bridgehead atoms. The van der Waals surface area contributed by atoms with Crippen LogP contribution in [-0.2, 0) is 28.6 Å². The molecular formula is C44H76NO7+. The molecule has 0 spiro atoms. The van der Waals surface area contributed by atoms with E-state index in [-0.39, 0.29) is 36.2 Å². The molecule has 52 heavy (non-hydrogen) atoms. The lowest BCUT2D eigenvalue weighted by atomic mass is 10.1. The predicted molar refractivity (Wildman–Crippen MR) is 215 cm³/mol. The van der Waals surface area contributed by atoms with Crippen molar-refractivity contribution in [3.63, 3.8) is 0 Å². The molecule has 1 N–H and O–H groups in total. The summed E-state index contributed by atoms with van der Waals surface area (Å²) >= 11 is 0. The standard InChI is InChI=1S/C44H75NO7/c1-6-8-10-12-14-16-17-18-19-20-21-22-23-24-25-26-27-29-31-33-35-43(47)52-40(38-50-37-36-41(44(48)49)45(3,4)5)39-51-42(46)34-32-30-28-15-13-11-9-7-2/h8,10,14,16,18-19,21-22,24-25,40-41H,6-7,9,11-13,15,17,20,23,26-39H2,1-5H3/p+1/b10-8+,16-14+,19-18+,22-21+,25-24+. The summed E-state index contributed by atoms with van der Waals surface area (Å²) in [6, 6.07) is -0.619. The van der Waals surface area contributed by atoms with Gasteiger partial charge in [0.05, 0.1) is 34.4 Å². The molecule has 0 rings (SSSR count). The van der Waals surface area contributed by atoms with Crippen molar-refractivity contribution in [2.24, 2.45) is 0 Å². The number of unbranched alkanes of at least 4 members (excludes halogenated alkanes) is 11. The molecule has 0 aromatic heterocycles. The van der Waals surface area contributed by atoms with E-state index in [1.807, 2.05) is 21.1 Å². The highest BCUT2D eigenvalue weighted by Crippen LogP contribution is 2.13. The lowest BCUT2D eigenvalue weighted by Gasteiger charge is -2.31. The molecule has 8 heteroatoms. The second-order valence-corrected chi connectivity index (χ2v) is 14.5. The fourth-order valence-electron chi connectivity index (χ4n) is 5.53. The van der Waals surface area contributed by atoms with Gasteiger partial charge in [-0.2, -0.15) is 0 Å². The van der Waals surface area contributed by atoms with Gasteiger partial charge in [0.25, 0.3) is 0 Å².